The average molecular weight is 2000 g/mol. The molecule has 756 valence electrons. The maximum absolute atomic E-state index is 13.5. The molecule has 0 aliphatic carbocycles. The van der Waals surface area contributed by atoms with Gasteiger partial charge in [0.1, 0.15) is 5.75 Å². The Morgan fingerprint density at radius 2 is 0.889 bits per heavy atom. The van der Waals surface area contributed by atoms with Crippen molar-refractivity contribution in [3.05, 3.63) is 182 Å². The lowest BCUT2D eigenvalue weighted by molar-refractivity contribution is -0.130. The first-order valence-electron chi connectivity index (χ1n) is 50.4. The first kappa shape index (κ1) is 96.8. The van der Waals surface area contributed by atoms with Gasteiger partial charge in [0.15, 0.2) is 33.1 Å². The minimum Gasteiger partial charge on any atom is -0.434 e. The van der Waals surface area contributed by atoms with E-state index in [9.17, 15) is 41.6 Å². The molecule has 24 rings (SSSR count). The van der Waals surface area contributed by atoms with Crippen molar-refractivity contribution >= 4 is 91.2 Å². The predicted molar refractivity (Wildman–Crippen MR) is 539 cm³/mol. The number of aryl methyl sites for hydroxylation is 7. The Morgan fingerprint density at radius 1 is 0.465 bits per heavy atom. The van der Waals surface area contributed by atoms with Crippen LogP contribution < -0.4 is 29.7 Å². The van der Waals surface area contributed by atoms with Crippen LogP contribution in [0.1, 0.15) is 188 Å². The Morgan fingerprint density at radius 3 is 1.34 bits per heavy atom. The minimum atomic E-state index is -3.03. The number of halogens is 3. The molecule has 4 fully saturated rings. The number of rotatable bonds is 14. The summed E-state index contributed by atoms with van der Waals surface area (Å²) in [4.78, 5) is 65.7. The van der Waals surface area contributed by atoms with Gasteiger partial charge in [0.2, 0.25) is 17.7 Å². The maximum Gasteiger partial charge on any atom is 0.387 e. The van der Waals surface area contributed by atoms with Crippen LogP contribution in [0, 0.1) is 11.3 Å². The van der Waals surface area contributed by atoms with Crippen molar-refractivity contribution in [2.24, 2.45) is 28.2 Å². The number of nitriles is 1. The van der Waals surface area contributed by atoms with Gasteiger partial charge in [-0.05, 0) is 153 Å². The largest absolute Gasteiger partial charge is 0.434 e. The average Bonchev–Trinajstić information content (AvgIpc) is 1.57. The standard InChI is InChI=1S/C27H32F2N6O3.C26H31ClN6O2.C26H30N8O2.C25H30N6O3S/c1-17(36)33-9-5-23-22(16-33)26(31-35(23)20-6-10-37-11-7-20)34-8-3-4-18-12-21(19-14-30-32(2)15-19)25(13-24(18)34)38-27(28)29;1-16-4-8-32(25-11-23(27)21(10-20(16)25)18-12-28-30(3)13-18)26-22-14-31(17(2)34)7-5-24(22)33(29-26)19-6-9-35-15-19;1-28-26(35)32-8-5-23-22(15-32)25(30-34(23)20-6-9-36-16-20)33-7-3-4-17-10-21(18(12-27)11-24(17)33)19-13-29-31(2)14-19;1-17(32)29-10-7-24-22(15-29)25(27-31(24)21-8-11-35(33,34)16-21)30-9-3-4-19-12-18(5-6-23(19)30)20-13-26-28(2)14-20/h12-15,20,27H,3-11,16H2,1-2H3;10-13,16,19H,4-9,14-15H2,1-3H3;10-11,13-14,20H,3-9,15-16H2,1-2H3,(H,28,35);5-6,12-14,21H,3-4,7-11,15-16H2,1-2H3/t;16?,19-;20-;/m.00./s1. The molecular weight excluding hydrogens is 1880 g/mol. The third-order valence-electron chi connectivity index (χ3n) is 30.7. The van der Waals surface area contributed by atoms with E-state index in [-0.39, 0.29) is 65.2 Å². The number of nitrogens with one attached hydrogen (secondary N) is 1. The second-order valence-corrected chi connectivity index (χ2v) is 42.6. The topological polar surface area (TPSA) is 344 Å². The number of carbonyl (C=O) groups excluding carboxylic acids is 4. The zero-order valence-corrected chi connectivity index (χ0v) is 84.6. The highest BCUT2D eigenvalue weighted by Gasteiger charge is 2.43. The fourth-order valence-corrected chi connectivity index (χ4v) is 25.1. The number of hydrogen-bond acceptors (Lipinski definition) is 23. The number of benzene rings is 4. The lowest BCUT2D eigenvalue weighted by atomic mass is 9.89. The summed E-state index contributed by atoms with van der Waals surface area (Å²) in [6.45, 7) is 16.5. The van der Waals surface area contributed by atoms with Gasteiger partial charge in [0.25, 0.3) is 0 Å². The summed E-state index contributed by atoms with van der Waals surface area (Å²) in [5, 5.41) is 51.2. The second kappa shape index (κ2) is 40.4. The molecule has 20 heterocycles. The molecule has 0 bridgehead atoms. The molecule has 144 heavy (non-hydrogen) atoms. The van der Waals surface area contributed by atoms with Crippen LogP contribution in [0.2, 0.25) is 5.02 Å². The lowest BCUT2D eigenvalue weighted by Gasteiger charge is -2.35. The number of alkyl halides is 2. The summed E-state index contributed by atoms with van der Waals surface area (Å²) >= 11 is 6.86. The number of aromatic nitrogens is 16. The molecule has 2 unspecified atom stereocenters. The van der Waals surface area contributed by atoms with Crippen LogP contribution in [0.25, 0.3) is 44.5 Å². The molecule has 12 aliphatic heterocycles. The molecule has 5 amide bonds. The van der Waals surface area contributed by atoms with Crippen LogP contribution in [0.3, 0.4) is 0 Å². The van der Waals surface area contributed by atoms with E-state index >= 15 is 0 Å². The molecular formula is C104H123ClF2N26O10S. The smallest absolute Gasteiger partial charge is 0.387 e. The molecule has 4 atom stereocenters. The molecule has 1 N–H and O–H groups in total. The van der Waals surface area contributed by atoms with Crippen molar-refractivity contribution in [1.82, 2.24) is 103 Å². The third kappa shape index (κ3) is 19.1. The number of anilines is 8. The molecule has 12 aromatic rings. The fraction of sp³-hybridized carbons (Fsp3) is 0.490. The first-order valence-corrected chi connectivity index (χ1v) is 52.6. The number of fused-ring (bicyclic) bond motifs is 8. The van der Waals surface area contributed by atoms with E-state index in [0.717, 1.165) is 253 Å². The Kier molecular flexibility index (Phi) is 27.1. The summed E-state index contributed by atoms with van der Waals surface area (Å²) in [5.74, 6) is 4.58. The normalized spacial score (nSPS) is 20.0. The highest BCUT2D eigenvalue weighted by atomic mass is 35.5. The number of amides is 5. The number of ether oxygens (including phenoxy) is 4. The van der Waals surface area contributed by atoms with E-state index in [1.165, 1.54) is 28.1 Å². The molecule has 0 saturated carbocycles. The van der Waals surface area contributed by atoms with Crippen molar-refractivity contribution in [3.8, 4) is 56.3 Å². The molecule has 40 heteroatoms. The van der Waals surface area contributed by atoms with Crippen LogP contribution in [0.5, 0.6) is 5.75 Å². The Hall–Kier alpha value is -13.3. The maximum atomic E-state index is 13.5. The lowest BCUT2D eigenvalue weighted by Crippen LogP contribution is -2.42. The van der Waals surface area contributed by atoms with E-state index in [0.29, 0.717) is 114 Å². The third-order valence-corrected chi connectivity index (χ3v) is 32.8. The van der Waals surface area contributed by atoms with Gasteiger partial charge in [-0.3, -0.25) is 51.8 Å². The number of sulfone groups is 1. The summed E-state index contributed by atoms with van der Waals surface area (Å²) < 4.78 is 89.0. The zero-order chi connectivity index (χ0) is 99.8. The summed E-state index contributed by atoms with van der Waals surface area (Å²) in [6.07, 6.45) is 28.9. The zero-order valence-electron chi connectivity index (χ0n) is 83.0. The van der Waals surface area contributed by atoms with Gasteiger partial charge in [-0.2, -0.15) is 54.8 Å². The monoisotopic (exact) mass is 2000 g/mol. The van der Waals surface area contributed by atoms with Gasteiger partial charge in [-0.25, -0.2) is 13.2 Å². The SMILES string of the molecule is CC(=O)N1CCc2c(c(N3CCC(C)c4cc(-c5cnn(C)c5)c(Cl)cc43)nn2[C@H]2CCOC2)C1.CC(=O)N1CCc2c(c(N3CCCc4cc(-c5cnn(C)c5)c(OC(F)F)cc43)nn2C2CCOCC2)C1.CC(=O)N1CCc2c(c(N3CCCc4cc(-c5cnn(C)c5)ccc43)nn2C2CCS(=O)(=O)C2)C1.CNC(=O)N1CCc2c(c(N3CCCc4cc(-c5cnn(C)c5)c(C#N)cc43)nn2[C@H]2CCOC2)C1. The van der Waals surface area contributed by atoms with Crippen LogP contribution in [-0.2, 0) is 138 Å². The number of urea groups is 1. The second-order valence-electron chi connectivity index (χ2n) is 40.0. The summed E-state index contributed by atoms with van der Waals surface area (Å²) in [7, 11) is 6.14. The number of hydrogen-bond donors (Lipinski definition) is 1. The van der Waals surface area contributed by atoms with Crippen molar-refractivity contribution in [2.75, 3.05) is 130 Å². The van der Waals surface area contributed by atoms with Crippen molar-refractivity contribution in [1.29, 1.82) is 5.26 Å². The Bertz CT molecular complexity index is 7080. The molecule has 4 aromatic carbocycles. The van der Waals surface area contributed by atoms with E-state index in [1.807, 2.05) is 93.2 Å². The molecule has 0 radical (unpaired) electrons. The highest BCUT2D eigenvalue weighted by molar-refractivity contribution is 7.91. The van der Waals surface area contributed by atoms with Crippen molar-refractivity contribution in [2.45, 2.75) is 193 Å². The van der Waals surface area contributed by atoms with Gasteiger partial charge in [0, 0.05) is 298 Å². The van der Waals surface area contributed by atoms with Crippen LogP contribution >= 0.6 is 11.6 Å². The van der Waals surface area contributed by atoms with Crippen LogP contribution in [0.15, 0.2) is 104 Å². The predicted octanol–water partition coefficient (Wildman–Crippen LogP) is 14.2. The van der Waals surface area contributed by atoms with E-state index in [2.05, 4.69) is 109 Å². The van der Waals surface area contributed by atoms with E-state index in [4.69, 9.17) is 50.9 Å². The van der Waals surface area contributed by atoms with Gasteiger partial charge in [-0.1, -0.05) is 24.6 Å². The van der Waals surface area contributed by atoms with Gasteiger partial charge in [-0.15, -0.1) is 0 Å². The summed E-state index contributed by atoms with van der Waals surface area (Å²) in [5.41, 5.74) is 26.0. The Labute approximate surface area is 840 Å². The molecule has 8 aromatic heterocycles. The van der Waals surface area contributed by atoms with Gasteiger partial charge in [0.05, 0.1) is 117 Å². The molecule has 4 saturated heterocycles. The molecule has 0 spiro atoms. The molecule has 12 aliphatic rings. The number of carbonyl (C=O) groups is 4. The van der Waals surface area contributed by atoms with Crippen molar-refractivity contribution < 1.29 is 55.3 Å². The van der Waals surface area contributed by atoms with E-state index in [1.54, 1.807) is 73.6 Å². The Balaban J connectivity index is 0.000000113. The van der Waals surface area contributed by atoms with Gasteiger partial charge >= 0.3 is 12.6 Å². The quantitative estimate of drug-likeness (QED) is 0.106. The minimum absolute atomic E-state index is 0.0354. The fourth-order valence-electron chi connectivity index (χ4n) is 23.2. The number of nitrogens with zero attached hydrogens (tertiary/aromatic N) is 25. The highest BCUT2D eigenvalue weighted by Crippen LogP contribution is 2.51. The molecule has 36 nitrogen and oxygen atoms in total. The summed E-state index contributed by atoms with van der Waals surface area (Å²) in [6, 6.07) is 21.5. The van der Waals surface area contributed by atoms with Crippen molar-refractivity contribution in [3.63, 3.8) is 0 Å². The van der Waals surface area contributed by atoms with Gasteiger partial charge < -0.3 is 63.5 Å². The van der Waals surface area contributed by atoms with Crippen LogP contribution in [-0.4, -0.2) is 247 Å². The van der Waals surface area contributed by atoms with Crippen LogP contribution in [0.4, 0.5) is 59.6 Å². The van der Waals surface area contributed by atoms with E-state index < -0.39 is 16.4 Å². The first-order chi connectivity index (χ1) is 69.6.